The molecule has 0 aliphatic heterocycles. The minimum atomic E-state index is -0.900. The number of aliphatic hydroxyl groups excluding tert-OH is 1. The van der Waals surface area contributed by atoms with Gasteiger partial charge >= 0.3 is 5.97 Å². The van der Waals surface area contributed by atoms with E-state index in [4.69, 9.17) is 15.6 Å². The van der Waals surface area contributed by atoms with Crippen LogP contribution in [0.1, 0.15) is 46.0 Å². The summed E-state index contributed by atoms with van der Waals surface area (Å²) in [6.45, 7) is 3.65. The molecule has 0 radical (unpaired) electrons. The zero-order chi connectivity index (χ0) is 11.7. The number of unbranched alkanes of at least 4 members (excludes halogenated alkanes) is 3. The summed E-state index contributed by atoms with van der Waals surface area (Å²) in [6, 6.07) is -0.900. The topological polar surface area (TPSA) is 72.5 Å². The van der Waals surface area contributed by atoms with E-state index >= 15 is 0 Å². The second-order valence-corrected chi connectivity index (χ2v) is 3.89. The molecule has 4 nitrogen and oxygen atoms in total. The molecule has 0 spiro atoms. The molecule has 0 aromatic carbocycles. The minimum absolute atomic E-state index is 0.105. The monoisotopic (exact) mass is 217 g/mol. The van der Waals surface area contributed by atoms with Crippen molar-refractivity contribution in [2.45, 2.75) is 58.1 Å². The van der Waals surface area contributed by atoms with E-state index in [1.54, 1.807) is 0 Å². The van der Waals surface area contributed by atoms with Crippen molar-refractivity contribution in [1.82, 2.24) is 0 Å². The van der Waals surface area contributed by atoms with Gasteiger partial charge in [-0.1, -0.05) is 26.2 Å². The third-order valence-electron chi connectivity index (χ3n) is 2.28. The molecule has 0 bridgehead atoms. The Morgan fingerprint density at radius 1 is 1.40 bits per heavy atom. The second kappa shape index (κ2) is 8.68. The number of carbonyl (C=O) groups excluding carboxylic acids is 1. The van der Waals surface area contributed by atoms with Gasteiger partial charge in [-0.25, -0.2) is 0 Å². The van der Waals surface area contributed by atoms with Crippen LogP contribution in [0.2, 0.25) is 0 Å². The number of hydrogen-bond donors (Lipinski definition) is 2. The molecule has 0 rings (SSSR count). The molecule has 0 fully saturated rings. The molecule has 15 heavy (non-hydrogen) atoms. The summed E-state index contributed by atoms with van der Waals surface area (Å²) in [5, 5.41) is 8.64. The van der Waals surface area contributed by atoms with E-state index in [-0.39, 0.29) is 12.7 Å². The van der Waals surface area contributed by atoms with Crippen LogP contribution < -0.4 is 5.73 Å². The van der Waals surface area contributed by atoms with Crippen LogP contribution in [0.5, 0.6) is 0 Å². The van der Waals surface area contributed by atoms with E-state index in [1.165, 1.54) is 19.3 Å². The highest BCUT2D eigenvalue weighted by molar-refractivity contribution is 5.75. The van der Waals surface area contributed by atoms with Gasteiger partial charge in [-0.3, -0.25) is 4.79 Å². The maximum atomic E-state index is 11.2. The summed E-state index contributed by atoms with van der Waals surface area (Å²) in [7, 11) is 0. The molecule has 0 aliphatic rings. The Balaban J connectivity index is 3.55. The fourth-order valence-electron chi connectivity index (χ4n) is 1.28. The van der Waals surface area contributed by atoms with Crippen LogP contribution in [0, 0.1) is 0 Å². The van der Waals surface area contributed by atoms with Crippen LogP contribution in [-0.2, 0) is 9.53 Å². The number of hydrogen-bond acceptors (Lipinski definition) is 4. The molecule has 0 saturated heterocycles. The Kier molecular flexibility index (Phi) is 8.33. The molecule has 2 unspecified atom stereocenters. The molecular weight excluding hydrogens is 194 g/mol. The van der Waals surface area contributed by atoms with E-state index in [9.17, 15) is 4.79 Å². The summed E-state index contributed by atoms with van der Waals surface area (Å²) in [5.74, 6) is -0.513. The predicted octanol–water partition coefficient (Wildman–Crippen LogP) is 1.21. The zero-order valence-corrected chi connectivity index (χ0v) is 9.74. The minimum Gasteiger partial charge on any atom is -0.461 e. The van der Waals surface area contributed by atoms with Crippen LogP contribution in [0.3, 0.4) is 0 Å². The summed E-state index contributed by atoms with van der Waals surface area (Å²) in [4.78, 5) is 11.2. The fourth-order valence-corrected chi connectivity index (χ4v) is 1.28. The molecule has 0 amide bonds. The maximum absolute atomic E-state index is 11.2. The van der Waals surface area contributed by atoms with Gasteiger partial charge in [0.25, 0.3) is 0 Å². The molecule has 90 valence electrons. The molecule has 3 N–H and O–H groups in total. The average Bonchev–Trinajstić information content (AvgIpc) is 2.23. The van der Waals surface area contributed by atoms with Gasteiger partial charge in [0.15, 0.2) is 0 Å². The lowest BCUT2D eigenvalue weighted by Gasteiger charge is -2.15. The van der Waals surface area contributed by atoms with Gasteiger partial charge < -0.3 is 15.6 Å². The Hall–Kier alpha value is -0.610. The first-order chi connectivity index (χ1) is 7.11. The Bertz CT molecular complexity index is 173. The molecule has 0 aromatic rings. The molecule has 2 atom stereocenters. The van der Waals surface area contributed by atoms with Crippen molar-refractivity contribution >= 4 is 5.97 Å². The number of ether oxygens (including phenoxy) is 1. The van der Waals surface area contributed by atoms with E-state index < -0.39 is 12.0 Å². The predicted molar refractivity (Wildman–Crippen MR) is 59.4 cm³/mol. The van der Waals surface area contributed by atoms with Gasteiger partial charge in [-0.2, -0.15) is 0 Å². The number of aliphatic hydroxyl groups is 1. The first-order valence-electron chi connectivity index (χ1n) is 5.68. The van der Waals surface area contributed by atoms with Gasteiger partial charge in [0, 0.05) is 0 Å². The summed E-state index contributed by atoms with van der Waals surface area (Å²) < 4.78 is 5.06. The van der Waals surface area contributed by atoms with Crippen molar-refractivity contribution in [1.29, 1.82) is 0 Å². The van der Waals surface area contributed by atoms with E-state index in [1.807, 2.05) is 6.92 Å². The van der Waals surface area contributed by atoms with Crippen molar-refractivity contribution in [3.05, 3.63) is 0 Å². The standard InChI is InChI=1S/C11H23NO3/c1-3-4-5-6-7-9(2)15-11(14)10(12)8-13/h9-10,13H,3-8,12H2,1-2H3. The van der Waals surface area contributed by atoms with Gasteiger partial charge in [0.1, 0.15) is 6.04 Å². The number of rotatable bonds is 8. The van der Waals surface area contributed by atoms with Crippen molar-refractivity contribution < 1.29 is 14.6 Å². The maximum Gasteiger partial charge on any atom is 0.325 e. The molecule has 4 heteroatoms. The highest BCUT2D eigenvalue weighted by Gasteiger charge is 2.16. The van der Waals surface area contributed by atoms with Crippen LogP contribution in [0.25, 0.3) is 0 Å². The highest BCUT2D eigenvalue weighted by atomic mass is 16.5. The zero-order valence-electron chi connectivity index (χ0n) is 9.74. The summed E-state index contributed by atoms with van der Waals surface area (Å²) in [6.07, 6.45) is 5.41. The van der Waals surface area contributed by atoms with Gasteiger partial charge in [-0.05, 0) is 19.8 Å². The van der Waals surface area contributed by atoms with Crippen LogP contribution in [0.4, 0.5) is 0 Å². The largest absolute Gasteiger partial charge is 0.461 e. The van der Waals surface area contributed by atoms with Crippen LogP contribution in [-0.4, -0.2) is 29.8 Å². The molecule has 0 heterocycles. The number of nitrogens with two attached hydrogens (primary N) is 1. The molecule has 0 aromatic heterocycles. The average molecular weight is 217 g/mol. The van der Waals surface area contributed by atoms with Crippen LogP contribution in [0.15, 0.2) is 0 Å². The van der Waals surface area contributed by atoms with E-state index in [2.05, 4.69) is 6.92 Å². The SMILES string of the molecule is CCCCCCC(C)OC(=O)C(N)CO. The summed E-state index contributed by atoms with van der Waals surface area (Å²) >= 11 is 0. The lowest BCUT2D eigenvalue weighted by Crippen LogP contribution is -2.37. The number of esters is 1. The van der Waals surface area contributed by atoms with Crippen molar-refractivity contribution in [3.63, 3.8) is 0 Å². The first kappa shape index (κ1) is 14.4. The van der Waals surface area contributed by atoms with Gasteiger partial charge in [-0.15, -0.1) is 0 Å². The quantitative estimate of drug-likeness (QED) is 0.473. The van der Waals surface area contributed by atoms with Crippen LogP contribution >= 0.6 is 0 Å². The Morgan fingerprint density at radius 2 is 2.07 bits per heavy atom. The second-order valence-electron chi connectivity index (χ2n) is 3.89. The molecule has 0 saturated carbocycles. The van der Waals surface area contributed by atoms with Gasteiger partial charge in [0.2, 0.25) is 0 Å². The Labute approximate surface area is 91.8 Å². The van der Waals surface area contributed by atoms with Gasteiger partial charge in [0.05, 0.1) is 12.7 Å². The summed E-state index contributed by atoms with van der Waals surface area (Å²) in [5.41, 5.74) is 5.32. The third-order valence-corrected chi connectivity index (χ3v) is 2.28. The van der Waals surface area contributed by atoms with E-state index in [0.29, 0.717) is 0 Å². The normalized spacial score (nSPS) is 14.7. The lowest BCUT2D eigenvalue weighted by molar-refractivity contribution is -0.151. The number of carbonyl (C=O) groups is 1. The van der Waals surface area contributed by atoms with Crippen molar-refractivity contribution in [2.75, 3.05) is 6.61 Å². The highest BCUT2D eigenvalue weighted by Crippen LogP contribution is 2.08. The third kappa shape index (κ3) is 7.33. The first-order valence-corrected chi connectivity index (χ1v) is 5.68. The van der Waals surface area contributed by atoms with E-state index in [0.717, 1.165) is 12.8 Å². The smallest absolute Gasteiger partial charge is 0.325 e. The fraction of sp³-hybridized carbons (Fsp3) is 0.909. The molecular formula is C11H23NO3. The van der Waals surface area contributed by atoms with Crippen molar-refractivity contribution in [3.8, 4) is 0 Å². The Morgan fingerprint density at radius 3 is 2.60 bits per heavy atom. The van der Waals surface area contributed by atoms with Crippen molar-refractivity contribution in [2.24, 2.45) is 5.73 Å². The lowest BCUT2D eigenvalue weighted by atomic mass is 10.1. The molecule has 0 aliphatic carbocycles.